The zero-order chi connectivity index (χ0) is 23.9. The number of hydrogen-bond donors (Lipinski definition) is 0. The third kappa shape index (κ3) is 8.40. The van der Waals surface area contributed by atoms with Gasteiger partial charge >= 0.3 is 17.4 Å². The maximum absolute atomic E-state index is 5.91. The summed E-state index contributed by atoms with van der Waals surface area (Å²) >= 11 is 0. The van der Waals surface area contributed by atoms with E-state index in [0.29, 0.717) is 0 Å². The summed E-state index contributed by atoms with van der Waals surface area (Å²) in [5.41, 5.74) is 0. The molecule has 0 heterocycles. The molecule has 0 amide bonds. The van der Waals surface area contributed by atoms with Crippen LogP contribution in [0.25, 0.3) is 0 Å². The molecule has 0 saturated heterocycles. The zero-order valence-electron chi connectivity index (χ0n) is 22.4. The molecule has 7 heteroatoms. The standard InChI is InChI=1S/C14H28O2Si.C12H24O3Si/c1-4-15-17(3,16-5-2)9-8-12-6-7-13-11-14(13)10-12;1-13-16(14-2,15-3)7-6-10-4-5-11-9-12(11)8-10/h12-14H,4-11H2,1-3H3;10-12H,4-9H2,1-3H3. The topological polar surface area (TPSA) is 46.2 Å². The van der Waals surface area contributed by atoms with Gasteiger partial charge in [0.25, 0.3) is 0 Å². The molecule has 33 heavy (non-hydrogen) atoms. The van der Waals surface area contributed by atoms with Gasteiger partial charge in [0.05, 0.1) is 0 Å². The molecule has 4 rings (SSSR count). The van der Waals surface area contributed by atoms with Crippen molar-refractivity contribution in [3.05, 3.63) is 0 Å². The van der Waals surface area contributed by atoms with Crippen molar-refractivity contribution in [3.8, 4) is 0 Å². The van der Waals surface area contributed by atoms with Gasteiger partial charge in [0.15, 0.2) is 0 Å². The van der Waals surface area contributed by atoms with Crippen LogP contribution in [0.15, 0.2) is 0 Å². The Morgan fingerprint density at radius 2 is 1.06 bits per heavy atom. The van der Waals surface area contributed by atoms with E-state index in [4.69, 9.17) is 22.1 Å². The van der Waals surface area contributed by atoms with E-state index in [9.17, 15) is 0 Å². The lowest BCUT2D eigenvalue weighted by atomic mass is 9.87. The number of hydrogen-bond acceptors (Lipinski definition) is 5. The summed E-state index contributed by atoms with van der Waals surface area (Å²) in [5, 5.41) is 0. The van der Waals surface area contributed by atoms with Crippen LogP contribution in [0.5, 0.6) is 0 Å². The first-order valence-corrected chi connectivity index (χ1v) is 18.3. The quantitative estimate of drug-likeness (QED) is 0.265. The third-order valence-electron chi connectivity index (χ3n) is 9.00. The minimum atomic E-state index is -2.31. The molecular formula is C26H52O5Si2. The lowest BCUT2D eigenvalue weighted by Crippen LogP contribution is -2.43. The number of rotatable bonds is 13. The van der Waals surface area contributed by atoms with Crippen LogP contribution < -0.4 is 0 Å². The normalized spacial score (nSPS) is 32.9. The van der Waals surface area contributed by atoms with E-state index in [2.05, 4.69) is 20.4 Å². The largest absolute Gasteiger partial charge is 0.500 e. The fraction of sp³-hybridized carbons (Fsp3) is 1.00. The Balaban J connectivity index is 0.000000186. The van der Waals surface area contributed by atoms with Gasteiger partial charge in [-0.3, -0.25) is 0 Å². The molecular weight excluding hydrogens is 448 g/mol. The summed E-state index contributed by atoms with van der Waals surface area (Å²) in [7, 11) is 0.965. The van der Waals surface area contributed by atoms with Crippen LogP contribution in [0.4, 0.5) is 0 Å². The molecule has 4 aliphatic carbocycles. The molecule has 0 spiro atoms. The van der Waals surface area contributed by atoms with Crippen molar-refractivity contribution in [2.75, 3.05) is 34.5 Å². The van der Waals surface area contributed by atoms with Crippen molar-refractivity contribution in [3.63, 3.8) is 0 Å². The highest BCUT2D eigenvalue weighted by atomic mass is 28.4. The van der Waals surface area contributed by atoms with Gasteiger partial charge in [-0.2, -0.15) is 0 Å². The van der Waals surface area contributed by atoms with Crippen molar-refractivity contribution in [1.29, 1.82) is 0 Å². The van der Waals surface area contributed by atoms with Gasteiger partial charge in [-0.1, -0.05) is 12.8 Å². The Morgan fingerprint density at radius 3 is 1.45 bits per heavy atom. The zero-order valence-corrected chi connectivity index (χ0v) is 24.4. The fourth-order valence-corrected chi connectivity index (χ4v) is 11.0. The fourth-order valence-electron chi connectivity index (χ4n) is 6.62. The van der Waals surface area contributed by atoms with Crippen LogP contribution in [0, 0.1) is 35.5 Å². The Kier molecular flexibility index (Phi) is 10.9. The molecule has 194 valence electrons. The van der Waals surface area contributed by atoms with E-state index >= 15 is 0 Å². The van der Waals surface area contributed by atoms with E-state index in [1.54, 1.807) is 21.3 Å². The molecule has 0 aromatic carbocycles. The van der Waals surface area contributed by atoms with Crippen molar-refractivity contribution in [2.24, 2.45) is 35.5 Å². The van der Waals surface area contributed by atoms with E-state index < -0.39 is 17.4 Å². The predicted molar refractivity (Wildman–Crippen MR) is 138 cm³/mol. The van der Waals surface area contributed by atoms with Gasteiger partial charge in [-0.05, 0) is 113 Å². The summed E-state index contributed by atoms with van der Waals surface area (Å²) in [4.78, 5) is 0. The molecule has 0 aromatic rings. The second-order valence-electron chi connectivity index (χ2n) is 11.2. The van der Waals surface area contributed by atoms with E-state index in [1.807, 2.05) is 0 Å². The summed E-state index contributed by atoms with van der Waals surface area (Å²) in [6, 6.07) is 2.16. The predicted octanol–water partition coefficient (Wildman–Crippen LogP) is 6.65. The van der Waals surface area contributed by atoms with Crippen LogP contribution in [0.2, 0.25) is 18.6 Å². The van der Waals surface area contributed by atoms with Crippen molar-refractivity contribution >= 4 is 17.4 Å². The second kappa shape index (κ2) is 13.0. The van der Waals surface area contributed by atoms with Gasteiger partial charge in [-0.15, -0.1) is 0 Å². The summed E-state index contributed by atoms with van der Waals surface area (Å²) in [6.07, 6.45) is 14.3. The lowest BCUT2D eigenvalue weighted by molar-refractivity contribution is 0.120. The first-order valence-electron chi connectivity index (χ1n) is 13.8. The van der Waals surface area contributed by atoms with Gasteiger partial charge in [-0.25, -0.2) is 0 Å². The van der Waals surface area contributed by atoms with Crippen molar-refractivity contribution in [2.45, 2.75) is 96.7 Å². The summed E-state index contributed by atoms with van der Waals surface area (Å²) in [5.74, 6) is 6.21. The molecule has 4 fully saturated rings. The maximum atomic E-state index is 5.91. The van der Waals surface area contributed by atoms with Crippen LogP contribution in [-0.4, -0.2) is 51.9 Å². The average molecular weight is 501 g/mol. The van der Waals surface area contributed by atoms with Crippen molar-refractivity contribution < 1.29 is 22.1 Å². The molecule has 0 aromatic heterocycles. The Bertz CT molecular complexity index is 559. The highest BCUT2D eigenvalue weighted by Gasteiger charge is 2.44. The van der Waals surface area contributed by atoms with Crippen LogP contribution in [0.1, 0.15) is 78.1 Å². The molecule has 0 N–H and O–H groups in total. The van der Waals surface area contributed by atoms with Crippen molar-refractivity contribution in [1.82, 2.24) is 0 Å². The molecule has 6 unspecified atom stereocenters. The van der Waals surface area contributed by atoms with Crippen LogP contribution >= 0.6 is 0 Å². The minimum absolute atomic E-state index is 0.804. The molecule has 0 bridgehead atoms. The summed E-state index contributed by atoms with van der Waals surface area (Å²) < 4.78 is 28.2. The molecule has 4 saturated carbocycles. The monoisotopic (exact) mass is 500 g/mol. The molecule has 5 nitrogen and oxygen atoms in total. The van der Waals surface area contributed by atoms with Gasteiger partial charge in [0, 0.05) is 40.6 Å². The first kappa shape index (κ1) is 27.8. The lowest BCUT2D eigenvalue weighted by Gasteiger charge is -2.29. The van der Waals surface area contributed by atoms with E-state index in [0.717, 1.165) is 54.8 Å². The maximum Gasteiger partial charge on any atom is 0.500 e. The Hall–Kier alpha value is 0.234. The van der Waals surface area contributed by atoms with E-state index in [-0.39, 0.29) is 0 Å². The first-order chi connectivity index (χ1) is 15.9. The highest BCUT2D eigenvalue weighted by Crippen LogP contribution is 2.53. The second-order valence-corrected chi connectivity index (χ2v) is 17.7. The number of fused-ring (bicyclic) bond motifs is 2. The van der Waals surface area contributed by atoms with Crippen LogP contribution in [0.3, 0.4) is 0 Å². The highest BCUT2D eigenvalue weighted by molar-refractivity contribution is 6.66. The Labute approximate surface area is 206 Å². The van der Waals surface area contributed by atoms with E-state index in [1.165, 1.54) is 70.3 Å². The van der Waals surface area contributed by atoms with Gasteiger partial charge < -0.3 is 22.1 Å². The Morgan fingerprint density at radius 1 is 0.606 bits per heavy atom. The molecule has 4 aliphatic rings. The van der Waals surface area contributed by atoms with Gasteiger partial charge in [0.1, 0.15) is 0 Å². The molecule has 0 radical (unpaired) electrons. The smallest absolute Gasteiger partial charge is 0.395 e. The molecule has 6 atom stereocenters. The minimum Gasteiger partial charge on any atom is -0.395 e. The van der Waals surface area contributed by atoms with Crippen LogP contribution in [-0.2, 0) is 22.1 Å². The third-order valence-corrected chi connectivity index (χ3v) is 14.8. The summed E-state index contributed by atoms with van der Waals surface area (Å²) in [6.45, 7) is 8.01. The van der Waals surface area contributed by atoms with Gasteiger partial charge in [0.2, 0.25) is 0 Å². The average Bonchev–Trinajstić information content (AvgIpc) is 3.74. The molecule has 0 aliphatic heterocycles. The SMILES string of the molecule is CCO[Si](C)(CCC1CCC2CC2C1)OCC.CO[Si](CCC1CCC2CC2C1)(OC)OC.